The summed E-state index contributed by atoms with van der Waals surface area (Å²) in [6, 6.07) is 1.87. The minimum Gasteiger partial charge on any atom is -0.453 e. The minimum absolute atomic E-state index is 0.248. The van der Waals surface area contributed by atoms with Crippen LogP contribution in [-0.2, 0) is 0 Å². The minimum atomic E-state index is -0.499. The molecule has 0 spiro atoms. The number of halogens is 1. The molecule has 1 unspecified atom stereocenters. The first-order chi connectivity index (χ1) is 6.61. The van der Waals surface area contributed by atoms with Gasteiger partial charge in [-0.2, -0.15) is 0 Å². The Labute approximate surface area is 90.8 Å². The molecule has 1 N–H and O–H groups in total. The first-order valence-electron chi connectivity index (χ1n) is 4.38. The van der Waals surface area contributed by atoms with Gasteiger partial charge in [0.15, 0.2) is 11.5 Å². The van der Waals surface area contributed by atoms with Crippen molar-refractivity contribution in [3.63, 3.8) is 0 Å². The van der Waals surface area contributed by atoms with E-state index in [-0.39, 0.29) is 6.79 Å². The van der Waals surface area contributed by atoms with Crippen molar-refractivity contribution in [2.75, 3.05) is 6.79 Å². The topological polar surface area (TPSA) is 38.7 Å². The van der Waals surface area contributed by atoms with Gasteiger partial charge in [0.25, 0.3) is 0 Å². The van der Waals surface area contributed by atoms with Gasteiger partial charge in [0.1, 0.15) is 0 Å². The molecule has 14 heavy (non-hydrogen) atoms. The summed E-state index contributed by atoms with van der Waals surface area (Å²) in [4.78, 5) is 0. The third kappa shape index (κ3) is 1.38. The van der Waals surface area contributed by atoms with Crippen molar-refractivity contribution >= 4 is 15.9 Å². The Morgan fingerprint density at radius 3 is 2.71 bits per heavy atom. The van der Waals surface area contributed by atoms with Crippen molar-refractivity contribution in [1.82, 2.24) is 0 Å². The van der Waals surface area contributed by atoms with Gasteiger partial charge in [-0.1, -0.05) is 0 Å². The summed E-state index contributed by atoms with van der Waals surface area (Å²) in [5.41, 5.74) is 1.80. The average molecular weight is 259 g/mol. The largest absolute Gasteiger partial charge is 0.453 e. The van der Waals surface area contributed by atoms with E-state index in [0.29, 0.717) is 0 Å². The number of benzene rings is 1. The van der Waals surface area contributed by atoms with E-state index in [2.05, 4.69) is 15.9 Å². The summed E-state index contributed by atoms with van der Waals surface area (Å²) in [6.45, 7) is 3.90. The van der Waals surface area contributed by atoms with E-state index in [0.717, 1.165) is 27.1 Å². The molecular formula is C10H11BrO3. The molecule has 4 heteroatoms. The highest BCUT2D eigenvalue weighted by atomic mass is 79.9. The van der Waals surface area contributed by atoms with Crippen molar-refractivity contribution in [2.45, 2.75) is 20.0 Å². The standard InChI is InChI=1S/C10H11BrO3/c1-5-7(6(2)12)3-8(11)10-9(5)13-4-14-10/h3,6,12H,4H2,1-2H3. The molecule has 2 rings (SSSR count). The van der Waals surface area contributed by atoms with Crippen LogP contribution in [-0.4, -0.2) is 11.9 Å². The highest BCUT2D eigenvalue weighted by molar-refractivity contribution is 9.10. The summed E-state index contributed by atoms with van der Waals surface area (Å²) in [5, 5.41) is 9.54. The number of ether oxygens (including phenoxy) is 2. The summed E-state index contributed by atoms with van der Waals surface area (Å²) in [6.07, 6.45) is -0.499. The lowest BCUT2D eigenvalue weighted by Crippen LogP contribution is -1.97. The normalized spacial score (nSPS) is 15.7. The number of aliphatic hydroxyl groups is 1. The fraction of sp³-hybridized carbons (Fsp3) is 0.400. The van der Waals surface area contributed by atoms with Crippen LogP contribution < -0.4 is 9.47 Å². The Hall–Kier alpha value is -0.740. The lowest BCUT2D eigenvalue weighted by Gasteiger charge is -2.12. The van der Waals surface area contributed by atoms with Gasteiger partial charge in [0, 0.05) is 5.56 Å². The predicted octanol–water partition coefficient (Wildman–Crippen LogP) is 2.54. The van der Waals surface area contributed by atoms with Crippen LogP contribution in [0.15, 0.2) is 10.5 Å². The zero-order chi connectivity index (χ0) is 10.3. The van der Waals surface area contributed by atoms with Crippen LogP contribution in [0.25, 0.3) is 0 Å². The Morgan fingerprint density at radius 2 is 2.07 bits per heavy atom. The molecule has 1 heterocycles. The Kier molecular flexibility index (Phi) is 2.41. The zero-order valence-corrected chi connectivity index (χ0v) is 9.59. The molecule has 0 saturated heterocycles. The van der Waals surface area contributed by atoms with Gasteiger partial charge in [-0.05, 0) is 41.4 Å². The second-order valence-electron chi connectivity index (χ2n) is 3.31. The van der Waals surface area contributed by atoms with Crippen LogP contribution in [0.5, 0.6) is 11.5 Å². The molecule has 0 amide bonds. The van der Waals surface area contributed by atoms with Crippen molar-refractivity contribution in [1.29, 1.82) is 0 Å². The lowest BCUT2D eigenvalue weighted by molar-refractivity contribution is 0.172. The summed E-state index contributed by atoms with van der Waals surface area (Å²) >= 11 is 3.38. The number of fused-ring (bicyclic) bond motifs is 1. The second-order valence-corrected chi connectivity index (χ2v) is 4.17. The van der Waals surface area contributed by atoms with E-state index in [4.69, 9.17) is 9.47 Å². The quantitative estimate of drug-likeness (QED) is 0.842. The van der Waals surface area contributed by atoms with Gasteiger partial charge in [-0.15, -0.1) is 0 Å². The number of aliphatic hydroxyl groups excluding tert-OH is 1. The first kappa shape index (κ1) is 9.80. The molecule has 0 aromatic heterocycles. The van der Waals surface area contributed by atoms with Crippen LogP contribution in [0.4, 0.5) is 0 Å². The van der Waals surface area contributed by atoms with Crippen LogP contribution >= 0.6 is 15.9 Å². The summed E-state index contributed by atoms with van der Waals surface area (Å²) in [5.74, 6) is 1.46. The summed E-state index contributed by atoms with van der Waals surface area (Å²) in [7, 11) is 0. The fourth-order valence-electron chi connectivity index (χ4n) is 1.61. The third-order valence-corrected chi connectivity index (χ3v) is 2.92. The van der Waals surface area contributed by atoms with Gasteiger partial charge in [-0.3, -0.25) is 0 Å². The van der Waals surface area contributed by atoms with Crippen LogP contribution in [0.3, 0.4) is 0 Å². The predicted molar refractivity (Wildman–Crippen MR) is 55.6 cm³/mol. The molecule has 0 saturated carbocycles. The molecule has 1 aromatic rings. The number of hydrogen-bond donors (Lipinski definition) is 1. The molecule has 1 aromatic carbocycles. The van der Waals surface area contributed by atoms with E-state index >= 15 is 0 Å². The monoisotopic (exact) mass is 258 g/mol. The van der Waals surface area contributed by atoms with E-state index in [1.54, 1.807) is 6.92 Å². The molecule has 76 valence electrons. The smallest absolute Gasteiger partial charge is 0.231 e. The van der Waals surface area contributed by atoms with Gasteiger partial charge >= 0.3 is 0 Å². The molecule has 0 fully saturated rings. The highest BCUT2D eigenvalue weighted by Gasteiger charge is 2.23. The maximum atomic E-state index is 9.54. The van der Waals surface area contributed by atoms with Crippen molar-refractivity contribution in [3.8, 4) is 11.5 Å². The zero-order valence-electron chi connectivity index (χ0n) is 8.00. The molecule has 0 aliphatic carbocycles. The molecule has 1 aliphatic heterocycles. The maximum Gasteiger partial charge on any atom is 0.231 e. The lowest BCUT2D eigenvalue weighted by atomic mass is 10.0. The van der Waals surface area contributed by atoms with E-state index < -0.39 is 6.10 Å². The Balaban J connectivity index is 2.62. The van der Waals surface area contributed by atoms with Crippen LogP contribution in [0.1, 0.15) is 24.2 Å². The van der Waals surface area contributed by atoms with E-state index in [9.17, 15) is 5.11 Å². The van der Waals surface area contributed by atoms with E-state index in [1.165, 1.54) is 0 Å². The van der Waals surface area contributed by atoms with E-state index in [1.807, 2.05) is 13.0 Å². The van der Waals surface area contributed by atoms with Gasteiger partial charge in [-0.25, -0.2) is 0 Å². The van der Waals surface area contributed by atoms with Gasteiger partial charge in [0.2, 0.25) is 6.79 Å². The fourth-order valence-corrected chi connectivity index (χ4v) is 2.15. The maximum absolute atomic E-state index is 9.54. The summed E-state index contributed by atoms with van der Waals surface area (Å²) < 4.78 is 11.5. The Bertz CT molecular complexity index is 374. The first-order valence-corrected chi connectivity index (χ1v) is 5.17. The second kappa shape index (κ2) is 3.44. The van der Waals surface area contributed by atoms with Crippen molar-refractivity contribution < 1.29 is 14.6 Å². The molecule has 0 radical (unpaired) electrons. The van der Waals surface area contributed by atoms with Crippen LogP contribution in [0.2, 0.25) is 0 Å². The molecule has 0 bridgehead atoms. The SMILES string of the molecule is Cc1c(C(C)O)cc(Br)c2c1OCO2. The van der Waals surface area contributed by atoms with Crippen molar-refractivity contribution in [3.05, 3.63) is 21.7 Å². The van der Waals surface area contributed by atoms with Gasteiger partial charge < -0.3 is 14.6 Å². The number of hydrogen-bond acceptors (Lipinski definition) is 3. The molecule has 1 aliphatic rings. The highest BCUT2D eigenvalue weighted by Crippen LogP contribution is 2.44. The number of rotatable bonds is 1. The molecular weight excluding hydrogens is 248 g/mol. The van der Waals surface area contributed by atoms with Gasteiger partial charge in [0.05, 0.1) is 10.6 Å². The molecule has 1 atom stereocenters. The Morgan fingerprint density at radius 1 is 1.43 bits per heavy atom. The van der Waals surface area contributed by atoms with Crippen LogP contribution in [0, 0.1) is 6.92 Å². The van der Waals surface area contributed by atoms with Crippen molar-refractivity contribution in [2.24, 2.45) is 0 Å². The molecule has 3 nitrogen and oxygen atoms in total. The average Bonchev–Trinajstić information content (AvgIpc) is 2.59. The third-order valence-electron chi connectivity index (χ3n) is 2.34.